The molecule has 0 heterocycles. The van der Waals surface area contributed by atoms with Crippen LogP contribution in [0.1, 0.15) is 36.2 Å². The molecule has 0 saturated carbocycles. The van der Waals surface area contributed by atoms with Crippen molar-refractivity contribution < 1.29 is 22.4 Å². The monoisotopic (exact) mass is 306 g/mol. The van der Waals surface area contributed by atoms with Crippen molar-refractivity contribution in [2.24, 2.45) is 11.7 Å². The van der Waals surface area contributed by atoms with Crippen molar-refractivity contribution in [3.63, 3.8) is 0 Å². The van der Waals surface area contributed by atoms with Gasteiger partial charge in [-0.15, -0.1) is 0 Å². The summed E-state index contributed by atoms with van der Waals surface area (Å²) in [4.78, 5) is 12.0. The maximum Gasteiger partial charge on any atom is 0.416 e. The third-order valence-corrected chi connectivity index (χ3v) is 3.14. The Hall–Kier alpha value is -1.63. The zero-order valence-corrected chi connectivity index (χ0v) is 11.8. The molecule has 1 unspecified atom stereocenters. The van der Waals surface area contributed by atoms with E-state index in [9.17, 15) is 22.4 Å². The summed E-state index contributed by atoms with van der Waals surface area (Å²) in [7, 11) is 0. The van der Waals surface area contributed by atoms with Gasteiger partial charge < -0.3 is 11.1 Å². The average Bonchev–Trinajstić information content (AvgIpc) is 2.36. The predicted octanol–water partition coefficient (Wildman–Crippen LogP) is 2.95. The molecule has 7 heteroatoms. The molecule has 118 valence electrons. The van der Waals surface area contributed by atoms with Crippen LogP contribution in [0.4, 0.5) is 17.6 Å². The van der Waals surface area contributed by atoms with Crippen LogP contribution in [-0.4, -0.2) is 18.5 Å². The van der Waals surface area contributed by atoms with Crippen molar-refractivity contribution in [3.05, 3.63) is 35.1 Å². The number of halogens is 4. The number of alkyl halides is 3. The van der Waals surface area contributed by atoms with Gasteiger partial charge in [-0.25, -0.2) is 4.39 Å². The van der Waals surface area contributed by atoms with Gasteiger partial charge in [0.1, 0.15) is 5.82 Å². The van der Waals surface area contributed by atoms with Crippen LogP contribution < -0.4 is 11.1 Å². The third-order valence-electron chi connectivity index (χ3n) is 3.14. The molecule has 0 aliphatic heterocycles. The molecular formula is C14H18F4N2O. The first-order chi connectivity index (χ1) is 9.66. The summed E-state index contributed by atoms with van der Waals surface area (Å²) in [5.74, 6) is -1.83. The van der Waals surface area contributed by atoms with Gasteiger partial charge in [-0.3, -0.25) is 4.79 Å². The smallest absolute Gasteiger partial charge is 0.349 e. The topological polar surface area (TPSA) is 55.1 Å². The van der Waals surface area contributed by atoms with Crippen LogP contribution >= 0.6 is 0 Å². The van der Waals surface area contributed by atoms with Crippen LogP contribution in [0.25, 0.3) is 0 Å². The number of nitrogens with two attached hydrogens (primary N) is 1. The van der Waals surface area contributed by atoms with Crippen molar-refractivity contribution in [2.45, 2.75) is 32.5 Å². The molecule has 0 saturated heterocycles. The van der Waals surface area contributed by atoms with E-state index in [-0.39, 0.29) is 12.0 Å². The molecule has 0 aromatic heterocycles. The van der Waals surface area contributed by atoms with Gasteiger partial charge in [-0.05, 0) is 37.1 Å². The maximum atomic E-state index is 13.6. The zero-order chi connectivity index (χ0) is 16.2. The van der Waals surface area contributed by atoms with Crippen molar-refractivity contribution in [2.75, 3.05) is 6.54 Å². The van der Waals surface area contributed by atoms with Crippen LogP contribution in [-0.2, 0) is 6.18 Å². The molecule has 3 N–H and O–H groups in total. The van der Waals surface area contributed by atoms with E-state index >= 15 is 0 Å². The lowest BCUT2D eigenvalue weighted by molar-refractivity contribution is -0.137. The van der Waals surface area contributed by atoms with Crippen LogP contribution in [0.2, 0.25) is 0 Å². The van der Waals surface area contributed by atoms with Crippen LogP contribution in [0.3, 0.4) is 0 Å². The van der Waals surface area contributed by atoms with Gasteiger partial charge in [0.2, 0.25) is 0 Å². The molecule has 1 rings (SSSR count). The molecule has 1 atom stereocenters. The second-order valence-electron chi connectivity index (χ2n) is 5.09. The fourth-order valence-corrected chi connectivity index (χ4v) is 1.87. The van der Waals surface area contributed by atoms with Gasteiger partial charge in [0, 0.05) is 6.04 Å². The van der Waals surface area contributed by atoms with Crippen molar-refractivity contribution in [1.82, 2.24) is 5.32 Å². The van der Waals surface area contributed by atoms with Gasteiger partial charge in [-0.2, -0.15) is 13.2 Å². The number of carbonyl (C=O) groups excluding carboxylic acids is 1. The first-order valence-corrected chi connectivity index (χ1v) is 6.54. The van der Waals surface area contributed by atoms with Crippen LogP contribution in [0.5, 0.6) is 0 Å². The van der Waals surface area contributed by atoms with Gasteiger partial charge >= 0.3 is 6.18 Å². The molecule has 1 aromatic rings. The first kappa shape index (κ1) is 17.4. The summed E-state index contributed by atoms with van der Waals surface area (Å²) < 4.78 is 51.4. The van der Waals surface area contributed by atoms with E-state index in [0.717, 1.165) is 0 Å². The lowest BCUT2D eigenvalue weighted by Crippen LogP contribution is -2.40. The summed E-state index contributed by atoms with van der Waals surface area (Å²) in [5, 5.41) is 2.53. The van der Waals surface area contributed by atoms with E-state index in [1.807, 2.05) is 13.8 Å². The molecule has 0 fully saturated rings. The Morgan fingerprint density at radius 2 is 1.95 bits per heavy atom. The molecule has 1 amide bonds. The van der Waals surface area contributed by atoms with Gasteiger partial charge in [0.15, 0.2) is 0 Å². The fourth-order valence-electron chi connectivity index (χ4n) is 1.87. The number of hydrogen-bond acceptors (Lipinski definition) is 2. The standard InChI is InChI=1S/C14H18F4N2O/c1-8(2)12(5-6-19)20-13(21)10-7-9(14(16,17)18)3-4-11(10)15/h3-4,7-8,12H,5-6,19H2,1-2H3,(H,20,21). The molecule has 1 aromatic carbocycles. The second kappa shape index (κ2) is 6.89. The summed E-state index contributed by atoms with van der Waals surface area (Å²) in [6.45, 7) is 3.99. The minimum absolute atomic E-state index is 0.0337. The highest BCUT2D eigenvalue weighted by Crippen LogP contribution is 2.30. The molecular weight excluding hydrogens is 288 g/mol. The lowest BCUT2D eigenvalue weighted by Gasteiger charge is -2.22. The van der Waals surface area contributed by atoms with E-state index in [1.165, 1.54) is 0 Å². The minimum atomic E-state index is -4.63. The molecule has 21 heavy (non-hydrogen) atoms. The average molecular weight is 306 g/mol. The summed E-state index contributed by atoms with van der Waals surface area (Å²) >= 11 is 0. The Morgan fingerprint density at radius 1 is 1.33 bits per heavy atom. The van der Waals surface area contributed by atoms with E-state index in [2.05, 4.69) is 5.32 Å². The SMILES string of the molecule is CC(C)C(CCN)NC(=O)c1cc(C(F)(F)F)ccc1F. The number of amides is 1. The molecule has 3 nitrogen and oxygen atoms in total. The summed E-state index contributed by atoms with van der Waals surface area (Å²) in [6, 6.07) is 1.44. The Bertz CT molecular complexity index is 500. The predicted molar refractivity (Wildman–Crippen MR) is 71.2 cm³/mol. The lowest BCUT2D eigenvalue weighted by atomic mass is 10.00. The van der Waals surface area contributed by atoms with Gasteiger partial charge in [0.05, 0.1) is 11.1 Å². The summed E-state index contributed by atoms with van der Waals surface area (Å²) in [5.41, 5.74) is 3.74. The molecule has 0 radical (unpaired) electrons. The number of carbonyl (C=O) groups is 1. The summed E-state index contributed by atoms with van der Waals surface area (Å²) in [6.07, 6.45) is -4.17. The largest absolute Gasteiger partial charge is 0.416 e. The number of benzene rings is 1. The van der Waals surface area contributed by atoms with Crippen molar-refractivity contribution in [3.8, 4) is 0 Å². The zero-order valence-electron chi connectivity index (χ0n) is 11.8. The van der Waals surface area contributed by atoms with E-state index < -0.39 is 29.0 Å². The Kier molecular flexibility index (Phi) is 5.71. The molecule has 0 spiro atoms. The third kappa shape index (κ3) is 4.70. The van der Waals surface area contributed by atoms with E-state index in [0.29, 0.717) is 31.2 Å². The number of rotatable bonds is 5. The Labute approximate surface area is 120 Å². The van der Waals surface area contributed by atoms with E-state index in [1.54, 1.807) is 0 Å². The fraction of sp³-hybridized carbons (Fsp3) is 0.500. The maximum absolute atomic E-state index is 13.6. The van der Waals surface area contributed by atoms with Crippen molar-refractivity contribution in [1.29, 1.82) is 0 Å². The quantitative estimate of drug-likeness (QED) is 0.822. The highest BCUT2D eigenvalue weighted by molar-refractivity contribution is 5.94. The Balaban J connectivity index is 3.01. The van der Waals surface area contributed by atoms with Crippen LogP contribution in [0.15, 0.2) is 18.2 Å². The highest BCUT2D eigenvalue weighted by Gasteiger charge is 2.32. The second-order valence-corrected chi connectivity index (χ2v) is 5.09. The van der Waals surface area contributed by atoms with Crippen molar-refractivity contribution >= 4 is 5.91 Å². The number of hydrogen-bond donors (Lipinski definition) is 2. The normalized spacial score (nSPS) is 13.3. The van der Waals surface area contributed by atoms with Gasteiger partial charge in [-0.1, -0.05) is 13.8 Å². The first-order valence-electron chi connectivity index (χ1n) is 6.54. The van der Waals surface area contributed by atoms with Gasteiger partial charge in [0.25, 0.3) is 5.91 Å². The number of nitrogens with one attached hydrogen (secondary N) is 1. The molecule has 0 aliphatic rings. The minimum Gasteiger partial charge on any atom is -0.349 e. The van der Waals surface area contributed by atoms with Crippen LogP contribution in [0, 0.1) is 11.7 Å². The molecule has 0 aliphatic carbocycles. The molecule has 0 bridgehead atoms. The van der Waals surface area contributed by atoms with E-state index in [4.69, 9.17) is 5.73 Å². The Morgan fingerprint density at radius 3 is 2.43 bits per heavy atom. The highest BCUT2D eigenvalue weighted by atomic mass is 19.4.